The molecular weight excluding hydrogens is 542 g/mol. The maximum Gasteiger partial charge on any atom is 0.356 e. The van der Waals surface area contributed by atoms with E-state index in [-0.39, 0.29) is 23.4 Å². The quantitative estimate of drug-likeness (QED) is 0.437. The van der Waals surface area contributed by atoms with Crippen molar-refractivity contribution in [1.29, 1.82) is 0 Å². The highest BCUT2D eigenvalue weighted by Gasteiger charge is 2.56. The number of aliphatic imine (C=N–C) groups is 1. The topological polar surface area (TPSA) is 111 Å². The Morgan fingerprint density at radius 1 is 1.07 bits per heavy atom. The predicted octanol–water partition coefficient (Wildman–Crippen LogP) is 4.08. The van der Waals surface area contributed by atoms with Gasteiger partial charge in [0, 0.05) is 31.4 Å². The molecule has 5 aliphatic rings. The van der Waals surface area contributed by atoms with Crippen LogP contribution in [0.2, 0.25) is 0 Å². The Morgan fingerprint density at radius 3 is 2.44 bits per heavy atom. The third-order valence-corrected chi connectivity index (χ3v) is 9.21. The molecule has 7 rings (SSSR count). The van der Waals surface area contributed by atoms with Gasteiger partial charge in [-0.1, -0.05) is 49.4 Å². The number of rotatable bonds is 6. The number of carbonyl (C=O) groups excluding carboxylic acids is 2. The number of allylic oxidation sites excluding steroid dienone is 1. The van der Waals surface area contributed by atoms with Gasteiger partial charge in [0.05, 0.1) is 12.8 Å². The van der Waals surface area contributed by atoms with Crippen molar-refractivity contribution in [2.45, 2.75) is 64.2 Å². The number of pyridine rings is 1. The molecule has 0 bridgehead atoms. The molecular formula is C33H41N7O3. The minimum absolute atomic E-state index is 0.0874. The average Bonchev–Trinajstić information content (AvgIpc) is 3.64. The number of aromatic nitrogens is 1. The summed E-state index contributed by atoms with van der Waals surface area (Å²) in [6.45, 7) is 6.46. The van der Waals surface area contributed by atoms with E-state index in [0.717, 1.165) is 50.2 Å². The Bertz CT molecular complexity index is 1410. The largest absolute Gasteiger partial charge is 0.464 e. The molecule has 3 fully saturated rings. The number of hydrazine groups is 1. The molecule has 1 spiro atoms. The van der Waals surface area contributed by atoms with Gasteiger partial charge in [0.1, 0.15) is 11.7 Å². The number of benzene rings is 1. The third kappa shape index (κ3) is 6.15. The predicted molar refractivity (Wildman–Crippen MR) is 166 cm³/mol. The Hall–Kier alpha value is -4.18. The highest BCUT2D eigenvalue weighted by atomic mass is 16.5. The number of anilines is 1. The number of hydrogen-bond acceptors (Lipinski definition) is 9. The Balaban J connectivity index is 0.000000491. The van der Waals surface area contributed by atoms with E-state index in [1.807, 2.05) is 47.5 Å². The monoisotopic (exact) mass is 583 g/mol. The zero-order valence-corrected chi connectivity index (χ0v) is 25.1. The molecule has 1 aromatic heterocycles. The standard InChI is InChI=1S/C27H35N7O3.C6H6/c1-16-8-10-33(14-16)19-11-17(2)24-31-23(32-34(24)15-19)25(35)28-18-12-27(13-18)9-7-21(27)30-22-6-4-5-20(29-22)26(36)37-3;1-2-4-6-5-3-1/h4-6,11,15-16,18,21,23,32H,7-10,12-14H2,1-3H3,(H,28,35)(H,29,30);1-6H. The van der Waals surface area contributed by atoms with Crippen molar-refractivity contribution in [1.82, 2.24) is 25.6 Å². The van der Waals surface area contributed by atoms with E-state index in [4.69, 9.17) is 4.74 Å². The molecule has 1 saturated heterocycles. The maximum atomic E-state index is 13.1. The van der Waals surface area contributed by atoms with Crippen LogP contribution in [-0.2, 0) is 9.53 Å². The first-order valence-corrected chi connectivity index (χ1v) is 15.2. The van der Waals surface area contributed by atoms with Gasteiger partial charge in [-0.05, 0) is 74.1 Å². The molecule has 0 radical (unpaired) electrons. The number of esters is 1. The highest BCUT2D eigenvalue weighted by molar-refractivity contribution is 6.03. The average molecular weight is 584 g/mol. The number of amidine groups is 1. The molecule has 2 saturated carbocycles. The van der Waals surface area contributed by atoms with Gasteiger partial charge < -0.3 is 20.3 Å². The molecule has 10 heteroatoms. The van der Waals surface area contributed by atoms with Crippen LogP contribution >= 0.6 is 0 Å². The van der Waals surface area contributed by atoms with Crippen LogP contribution in [0.25, 0.3) is 0 Å². The summed E-state index contributed by atoms with van der Waals surface area (Å²) in [6.07, 6.45) is 8.84. The molecule has 3 aliphatic heterocycles. The van der Waals surface area contributed by atoms with E-state index in [0.29, 0.717) is 17.4 Å². The Kier molecular flexibility index (Phi) is 8.21. The van der Waals surface area contributed by atoms with Crippen LogP contribution in [0.1, 0.15) is 56.4 Å². The van der Waals surface area contributed by atoms with Crippen molar-refractivity contribution in [3.8, 4) is 0 Å². The Labute approximate surface area is 253 Å². The molecule has 2 aromatic rings. The number of fused-ring (bicyclic) bond motifs is 1. The van der Waals surface area contributed by atoms with E-state index in [1.165, 1.54) is 19.2 Å². The number of likely N-dealkylation sites (tertiary alicyclic amines) is 1. The zero-order chi connectivity index (χ0) is 30.0. The molecule has 1 amide bonds. The second kappa shape index (κ2) is 12.2. The lowest BCUT2D eigenvalue weighted by atomic mass is 9.51. The normalized spacial score (nSPS) is 28.7. The summed E-state index contributed by atoms with van der Waals surface area (Å²) < 4.78 is 4.78. The van der Waals surface area contributed by atoms with Gasteiger partial charge in [-0.3, -0.25) is 9.80 Å². The summed E-state index contributed by atoms with van der Waals surface area (Å²) in [5, 5.41) is 8.61. The maximum absolute atomic E-state index is 13.1. The first kappa shape index (κ1) is 28.9. The summed E-state index contributed by atoms with van der Waals surface area (Å²) in [6, 6.07) is 17.7. The molecule has 43 heavy (non-hydrogen) atoms. The molecule has 4 heterocycles. The molecule has 3 unspecified atom stereocenters. The number of amides is 1. The van der Waals surface area contributed by atoms with Gasteiger partial charge in [-0.2, -0.15) is 5.43 Å². The molecule has 2 aliphatic carbocycles. The first-order valence-electron chi connectivity index (χ1n) is 15.2. The van der Waals surface area contributed by atoms with Crippen LogP contribution in [0.5, 0.6) is 0 Å². The smallest absolute Gasteiger partial charge is 0.356 e. The van der Waals surface area contributed by atoms with Gasteiger partial charge in [-0.15, -0.1) is 0 Å². The number of hydrogen-bond donors (Lipinski definition) is 3. The fourth-order valence-electron chi connectivity index (χ4n) is 6.72. The highest BCUT2D eigenvalue weighted by Crippen LogP contribution is 2.56. The lowest BCUT2D eigenvalue weighted by molar-refractivity contribution is -0.127. The summed E-state index contributed by atoms with van der Waals surface area (Å²) in [5.41, 5.74) is 5.96. The fraction of sp³-hybridized carbons (Fsp3) is 0.455. The number of ether oxygens (including phenoxy) is 1. The summed E-state index contributed by atoms with van der Waals surface area (Å²) in [4.78, 5) is 36.3. The second-order valence-electron chi connectivity index (χ2n) is 12.3. The molecule has 3 atom stereocenters. The first-order chi connectivity index (χ1) is 20.8. The van der Waals surface area contributed by atoms with Gasteiger partial charge in [0.25, 0.3) is 5.91 Å². The van der Waals surface area contributed by atoms with Crippen molar-refractivity contribution in [3.05, 3.63) is 83.8 Å². The number of nitrogens with one attached hydrogen (secondary N) is 3. The minimum Gasteiger partial charge on any atom is -0.464 e. The number of carbonyl (C=O) groups is 2. The van der Waals surface area contributed by atoms with E-state index < -0.39 is 12.1 Å². The van der Waals surface area contributed by atoms with Crippen LogP contribution in [0.3, 0.4) is 0 Å². The van der Waals surface area contributed by atoms with Gasteiger partial charge in [0.2, 0.25) is 0 Å². The van der Waals surface area contributed by atoms with Crippen molar-refractivity contribution in [3.63, 3.8) is 0 Å². The van der Waals surface area contributed by atoms with Crippen molar-refractivity contribution in [2.75, 3.05) is 25.5 Å². The van der Waals surface area contributed by atoms with Crippen molar-refractivity contribution in [2.24, 2.45) is 16.3 Å². The van der Waals surface area contributed by atoms with Crippen LogP contribution in [0.15, 0.2) is 83.1 Å². The van der Waals surface area contributed by atoms with Crippen LogP contribution in [-0.4, -0.2) is 71.1 Å². The molecule has 3 N–H and O–H groups in total. The second-order valence-corrected chi connectivity index (χ2v) is 12.3. The third-order valence-electron chi connectivity index (χ3n) is 9.21. The fourth-order valence-corrected chi connectivity index (χ4v) is 6.72. The minimum atomic E-state index is -0.622. The summed E-state index contributed by atoms with van der Waals surface area (Å²) >= 11 is 0. The van der Waals surface area contributed by atoms with E-state index >= 15 is 0 Å². The summed E-state index contributed by atoms with van der Waals surface area (Å²) in [5.74, 6) is 1.66. The lowest BCUT2D eigenvalue weighted by Gasteiger charge is -2.59. The van der Waals surface area contributed by atoms with Gasteiger partial charge in [0.15, 0.2) is 11.9 Å². The number of nitrogens with zero attached hydrogens (tertiary/aromatic N) is 4. The van der Waals surface area contributed by atoms with Gasteiger partial charge in [-0.25, -0.2) is 14.8 Å². The summed E-state index contributed by atoms with van der Waals surface area (Å²) in [7, 11) is 1.35. The van der Waals surface area contributed by atoms with E-state index in [1.54, 1.807) is 12.1 Å². The molecule has 226 valence electrons. The van der Waals surface area contributed by atoms with Crippen LogP contribution in [0.4, 0.5) is 5.82 Å². The molecule has 1 aromatic carbocycles. The van der Waals surface area contributed by atoms with Crippen LogP contribution < -0.4 is 16.1 Å². The van der Waals surface area contributed by atoms with Gasteiger partial charge >= 0.3 is 5.97 Å². The Morgan fingerprint density at radius 2 is 1.81 bits per heavy atom. The zero-order valence-electron chi connectivity index (χ0n) is 25.1. The SMILES string of the molecule is COC(=O)c1cccc(NC2CCC23CC(NC(=O)C2N=C4C(C)=CC(N5CCC(C)C5)=CN4N2)C3)n1.c1ccccc1. The van der Waals surface area contributed by atoms with E-state index in [2.05, 4.69) is 57.1 Å². The number of methoxy groups -OCH3 is 1. The van der Waals surface area contributed by atoms with Crippen molar-refractivity contribution >= 4 is 23.5 Å². The van der Waals surface area contributed by atoms with Crippen molar-refractivity contribution < 1.29 is 14.3 Å². The lowest BCUT2D eigenvalue weighted by Crippen LogP contribution is -2.63. The molecule has 10 nitrogen and oxygen atoms in total. The van der Waals surface area contributed by atoms with E-state index in [9.17, 15) is 9.59 Å². The van der Waals surface area contributed by atoms with Crippen LogP contribution in [0, 0.1) is 11.3 Å².